The number of rotatable bonds is 3. The normalized spacial score (nSPS) is 10.1. The lowest BCUT2D eigenvalue weighted by molar-refractivity contribution is -0.385. The predicted molar refractivity (Wildman–Crippen MR) is 67.4 cm³/mol. The summed E-state index contributed by atoms with van der Waals surface area (Å²) in [7, 11) is 0. The van der Waals surface area contributed by atoms with Crippen molar-refractivity contribution >= 4 is 28.9 Å². The van der Waals surface area contributed by atoms with Crippen LogP contribution in [0.15, 0.2) is 36.5 Å². The minimum Gasteiger partial charge on any atom is -0.447 e. The molecule has 0 atom stereocenters. The van der Waals surface area contributed by atoms with Crippen molar-refractivity contribution < 1.29 is 9.66 Å². The van der Waals surface area contributed by atoms with Crippen LogP contribution < -0.4 is 4.74 Å². The number of aromatic nitrogens is 1. The van der Waals surface area contributed by atoms with Crippen molar-refractivity contribution in [3.05, 3.63) is 56.8 Å². The smallest absolute Gasteiger partial charge is 0.313 e. The van der Waals surface area contributed by atoms with Gasteiger partial charge in [0.2, 0.25) is 5.75 Å². The topological polar surface area (TPSA) is 65.3 Å². The highest BCUT2D eigenvalue weighted by Gasteiger charge is 2.17. The summed E-state index contributed by atoms with van der Waals surface area (Å²) in [5.41, 5.74) is -0.234. The maximum atomic E-state index is 10.9. The Balaban J connectivity index is 2.41. The van der Waals surface area contributed by atoms with E-state index in [1.807, 2.05) is 0 Å². The fraction of sp³-hybridized carbons (Fsp3) is 0. The summed E-state index contributed by atoms with van der Waals surface area (Å²) in [5.74, 6) is 0.295. The van der Waals surface area contributed by atoms with Crippen LogP contribution in [0.4, 0.5) is 5.69 Å². The summed E-state index contributed by atoms with van der Waals surface area (Å²) in [5, 5.41) is 11.2. The number of benzene rings is 1. The van der Waals surface area contributed by atoms with Crippen LogP contribution in [-0.2, 0) is 0 Å². The van der Waals surface area contributed by atoms with Crippen LogP contribution in [0.25, 0.3) is 0 Å². The second-order valence-corrected chi connectivity index (χ2v) is 4.06. The first kappa shape index (κ1) is 12.6. The lowest BCUT2D eigenvalue weighted by Gasteiger charge is -2.07. The van der Waals surface area contributed by atoms with Crippen molar-refractivity contribution in [2.24, 2.45) is 0 Å². The van der Waals surface area contributed by atoms with E-state index in [-0.39, 0.29) is 27.4 Å². The average molecular weight is 285 g/mol. The van der Waals surface area contributed by atoms with Gasteiger partial charge < -0.3 is 4.74 Å². The third kappa shape index (κ3) is 2.69. The highest BCUT2D eigenvalue weighted by Crippen LogP contribution is 2.35. The van der Waals surface area contributed by atoms with Crippen LogP contribution in [0.5, 0.6) is 11.5 Å². The minimum atomic E-state index is -0.578. The van der Waals surface area contributed by atoms with Gasteiger partial charge in [-0.25, -0.2) is 4.98 Å². The van der Waals surface area contributed by atoms with Crippen molar-refractivity contribution in [1.82, 2.24) is 4.98 Å². The van der Waals surface area contributed by atoms with E-state index in [9.17, 15) is 10.1 Å². The van der Waals surface area contributed by atoms with Crippen molar-refractivity contribution in [3.8, 4) is 11.5 Å². The Morgan fingerprint density at radius 3 is 2.67 bits per heavy atom. The highest BCUT2D eigenvalue weighted by atomic mass is 35.5. The Labute approximate surface area is 112 Å². The number of pyridine rings is 1. The minimum absolute atomic E-state index is 0.0549. The lowest BCUT2D eigenvalue weighted by atomic mass is 10.3. The molecule has 0 spiro atoms. The third-order valence-corrected chi connectivity index (χ3v) is 2.58. The Hall–Kier alpha value is -1.85. The van der Waals surface area contributed by atoms with E-state index in [1.54, 1.807) is 12.1 Å². The number of hydrogen-bond donors (Lipinski definition) is 0. The fourth-order valence-corrected chi connectivity index (χ4v) is 1.61. The molecule has 0 aliphatic rings. The van der Waals surface area contributed by atoms with Crippen LogP contribution in [-0.4, -0.2) is 9.91 Å². The van der Waals surface area contributed by atoms with Gasteiger partial charge in [0.1, 0.15) is 0 Å². The quantitative estimate of drug-likeness (QED) is 0.484. The molecule has 0 saturated carbocycles. The molecule has 5 nitrogen and oxygen atoms in total. The molecule has 1 aromatic carbocycles. The molecule has 0 bridgehead atoms. The second-order valence-electron chi connectivity index (χ2n) is 3.26. The number of nitrogens with zero attached hydrogens (tertiary/aromatic N) is 2. The maximum absolute atomic E-state index is 10.9. The molecule has 0 aliphatic heterocycles. The Morgan fingerprint density at radius 1 is 1.22 bits per heavy atom. The summed E-state index contributed by atoms with van der Waals surface area (Å²) >= 11 is 11.5. The Morgan fingerprint density at radius 2 is 2.00 bits per heavy atom. The number of ether oxygens (including phenoxy) is 1. The van der Waals surface area contributed by atoms with Gasteiger partial charge in [0, 0.05) is 17.3 Å². The van der Waals surface area contributed by atoms with Gasteiger partial charge in [-0.05, 0) is 24.3 Å². The molecule has 0 saturated heterocycles. The first-order valence-electron chi connectivity index (χ1n) is 4.80. The number of hydrogen-bond acceptors (Lipinski definition) is 4. The molecule has 0 amide bonds. The number of nitro groups is 1. The van der Waals surface area contributed by atoms with E-state index < -0.39 is 4.92 Å². The van der Waals surface area contributed by atoms with Crippen molar-refractivity contribution in [1.29, 1.82) is 0 Å². The van der Waals surface area contributed by atoms with Crippen LogP contribution in [0.1, 0.15) is 0 Å². The molecule has 18 heavy (non-hydrogen) atoms. The van der Waals surface area contributed by atoms with E-state index in [0.717, 1.165) is 0 Å². The van der Waals surface area contributed by atoms with Gasteiger partial charge in [0.05, 0.1) is 4.92 Å². The first-order chi connectivity index (χ1) is 8.58. The van der Waals surface area contributed by atoms with E-state index in [1.165, 1.54) is 24.4 Å². The summed E-state index contributed by atoms with van der Waals surface area (Å²) < 4.78 is 5.36. The summed E-state index contributed by atoms with van der Waals surface area (Å²) in [6.45, 7) is 0. The molecule has 1 heterocycles. The van der Waals surface area contributed by atoms with Crippen LogP contribution in [0.3, 0.4) is 0 Å². The van der Waals surface area contributed by atoms with Crippen molar-refractivity contribution in [3.63, 3.8) is 0 Å². The Bertz CT molecular complexity index is 605. The zero-order valence-electron chi connectivity index (χ0n) is 8.84. The molecule has 0 fully saturated rings. The molecular formula is C11H6Cl2N2O3. The van der Waals surface area contributed by atoms with Gasteiger partial charge in [-0.2, -0.15) is 0 Å². The standard InChI is InChI=1S/C11H6Cl2N2O3/c12-7-3-4-9(8(6-7)15(16)17)18-10-2-1-5-14-11(10)13/h1-6H. The van der Waals surface area contributed by atoms with Crippen molar-refractivity contribution in [2.45, 2.75) is 0 Å². The zero-order valence-corrected chi connectivity index (χ0v) is 10.4. The molecule has 0 unspecified atom stereocenters. The first-order valence-corrected chi connectivity index (χ1v) is 5.56. The van der Waals surface area contributed by atoms with E-state index >= 15 is 0 Å². The molecule has 0 aliphatic carbocycles. The van der Waals surface area contributed by atoms with E-state index in [2.05, 4.69) is 4.98 Å². The molecule has 2 rings (SSSR count). The summed E-state index contributed by atoms with van der Waals surface area (Å²) in [4.78, 5) is 14.1. The fourth-order valence-electron chi connectivity index (χ4n) is 1.29. The maximum Gasteiger partial charge on any atom is 0.313 e. The third-order valence-electron chi connectivity index (χ3n) is 2.06. The molecule has 1 aromatic heterocycles. The van der Waals surface area contributed by atoms with E-state index in [0.29, 0.717) is 0 Å². The second kappa shape index (κ2) is 5.20. The van der Waals surface area contributed by atoms with Gasteiger partial charge in [-0.1, -0.05) is 23.2 Å². The van der Waals surface area contributed by atoms with Gasteiger partial charge in [-0.15, -0.1) is 0 Å². The molecule has 2 aromatic rings. The zero-order chi connectivity index (χ0) is 13.1. The number of nitro benzene ring substituents is 1. The van der Waals surface area contributed by atoms with Crippen molar-refractivity contribution in [2.75, 3.05) is 0 Å². The average Bonchev–Trinajstić information content (AvgIpc) is 2.34. The van der Waals surface area contributed by atoms with Crippen LogP contribution >= 0.6 is 23.2 Å². The lowest BCUT2D eigenvalue weighted by Crippen LogP contribution is -1.94. The number of halogens is 2. The largest absolute Gasteiger partial charge is 0.447 e. The van der Waals surface area contributed by atoms with Crippen LogP contribution in [0, 0.1) is 10.1 Å². The molecule has 0 N–H and O–H groups in total. The van der Waals surface area contributed by atoms with Gasteiger partial charge in [0.25, 0.3) is 0 Å². The molecule has 0 radical (unpaired) electrons. The molecule has 92 valence electrons. The molecule has 7 heteroatoms. The van der Waals surface area contributed by atoms with Gasteiger partial charge in [0.15, 0.2) is 10.9 Å². The summed E-state index contributed by atoms with van der Waals surface area (Å²) in [6.07, 6.45) is 1.49. The van der Waals surface area contributed by atoms with Gasteiger partial charge >= 0.3 is 5.69 Å². The monoisotopic (exact) mass is 284 g/mol. The Kier molecular flexibility index (Phi) is 3.64. The highest BCUT2D eigenvalue weighted by molar-refractivity contribution is 6.31. The van der Waals surface area contributed by atoms with Gasteiger partial charge in [-0.3, -0.25) is 10.1 Å². The molecular weight excluding hydrogens is 279 g/mol. The van der Waals surface area contributed by atoms with Crippen LogP contribution in [0.2, 0.25) is 10.2 Å². The summed E-state index contributed by atoms with van der Waals surface area (Å²) in [6, 6.07) is 7.29. The predicted octanol–water partition coefficient (Wildman–Crippen LogP) is 4.09. The SMILES string of the molecule is O=[N+]([O-])c1cc(Cl)ccc1Oc1cccnc1Cl. The van der Waals surface area contributed by atoms with E-state index in [4.69, 9.17) is 27.9 Å².